The smallest absolute Gasteiger partial charge is 0.338 e. The number of nitrogens with one attached hydrogen (secondary N) is 2. The zero-order chi connectivity index (χ0) is 18.5. The lowest BCUT2D eigenvalue weighted by atomic mass is 10.1. The number of anilines is 1. The molecule has 1 aliphatic heterocycles. The molecular weight excluding hydrogens is 370 g/mol. The number of halogens is 1. The molecule has 0 unspecified atom stereocenters. The molecule has 1 saturated heterocycles. The Balaban J connectivity index is 0.00000261. The van der Waals surface area contributed by atoms with Gasteiger partial charge in [-0.15, -0.1) is 17.5 Å². The first-order valence-corrected chi connectivity index (χ1v) is 8.81. The monoisotopic (exact) mass is 393 g/mol. The van der Waals surface area contributed by atoms with Crippen LogP contribution in [-0.4, -0.2) is 46.6 Å². The molecular formula is C18H24ClN5O3. The molecule has 8 nitrogen and oxygen atoms in total. The van der Waals surface area contributed by atoms with E-state index in [0.29, 0.717) is 23.6 Å². The summed E-state index contributed by atoms with van der Waals surface area (Å²) in [4.78, 5) is 24.2. The number of aromatic nitrogens is 3. The summed E-state index contributed by atoms with van der Waals surface area (Å²) in [5, 5.41) is 14.3. The number of piperidine rings is 1. The van der Waals surface area contributed by atoms with Crippen LogP contribution in [0.15, 0.2) is 24.3 Å². The lowest BCUT2D eigenvalue weighted by Gasteiger charge is -2.23. The Kier molecular flexibility index (Phi) is 7.32. The van der Waals surface area contributed by atoms with E-state index in [4.69, 9.17) is 4.74 Å². The summed E-state index contributed by atoms with van der Waals surface area (Å²) >= 11 is 0. The third-order valence-electron chi connectivity index (χ3n) is 4.45. The quantitative estimate of drug-likeness (QED) is 0.757. The minimum atomic E-state index is -0.383. The van der Waals surface area contributed by atoms with Gasteiger partial charge in [-0.1, -0.05) is 5.21 Å². The molecule has 0 aliphatic carbocycles. The minimum Gasteiger partial charge on any atom is -0.462 e. The third-order valence-corrected chi connectivity index (χ3v) is 4.45. The molecule has 1 aliphatic rings. The molecule has 1 aromatic heterocycles. The van der Waals surface area contributed by atoms with Gasteiger partial charge >= 0.3 is 5.97 Å². The normalized spacial score (nSPS) is 14.3. The van der Waals surface area contributed by atoms with Gasteiger partial charge in [0, 0.05) is 5.69 Å². The fraction of sp³-hybridized carbons (Fsp3) is 0.444. The van der Waals surface area contributed by atoms with Gasteiger partial charge in [-0.05, 0) is 64.0 Å². The fourth-order valence-corrected chi connectivity index (χ4v) is 3.04. The second-order valence-corrected chi connectivity index (χ2v) is 6.20. The highest BCUT2D eigenvalue weighted by Crippen LogP contribution is 2.21. The van der Waals surface area contributed by atoms with Crippen LogP contribution >= 0.6 is 12.4 Å². The van der Waals surface area contributed by atoms with Crippen LogP contribution in [0.4, 0.5) is 5.69 Å². The van der Waals surface area contributed by atoms with Crippen molar-refractivity contribution in [2.45, 2.75) is 32.7 Å². The lowest BCUT2D eigenvalue weighted by molar-refractivity contribution is 0.0526. The van der Waals surface area contributed by atoms with Crippen molar-refractivity contribution in [1.82, 2.24) is 20.3 Å². The topological polar surface area (TPSA) is 98.1 Å². The van der Waals surface area contributed by atoms with Gasteiger partial charge in [0.15, 0.2) is 5.69 Å². The van der Waals surface area contributed by atoms with Crippen LogP contribution in [0.1, 0.15) is 52.3 Å². The van der Waals surface area contributed by atoms with Gasteiger partial charge in [-0.25, -0.2) is 9.48 Å². The minimum absolute atomic E-state index is 0. The molecule has 0 saturated carbocycles. The third kappa shape index (κ3) is 4.84. The van der Waals surface area contributed by atoms with Crippen LogP contribution in [-0.2, 0) is 4.74 Å². The predicted octanol–water partition coefficient (Wildman–Crippen LogP) is 2.36. The van der Waals surface area contributed by atoms with Crippen molar-refractivity contribution in [1.29, 1.82) is 0 Å². The summed E-state index contributed by atoms with van der Waals surface area (Å²) < 4.78 is 6.79. The maximum absolute atomic E-state index is 12.5. The van der Waals surface area contributed by atoms with E-state index in [1.807, 2.05) is 11.6 Å². The highest BCUT2D eigenvalue weighted by Gasteiger charge is 2.23. The van der Waals surface area contributed by atoms with Gasteiger partial charge < -0.3 is 15.4 Å². The number of hydrogen-bond acceptors (Lipinski definition) is 6. The Bertz CT molecular complexity index is 785. The van der Waals surface area contributed by atoms with E-state index in [1.54, 1.807) is 31.2 Å². The van der Waals surface area contributed by atoms with Gasteiger partial charge in [0.2, 0.25) is 0 Å². The van der Waals surface area contributed by atoms with Crippen molar-refractivity contribution in [2.24, 2.45) is 0 Å². The highest BCUT2D eigenvalue weighted by atomic mass is 35.5. The predicted molar refractivity (Wildman–Crippen MR) is 103 cm³/mol. The number of carbonyl (C=O) groups excluding carboxylic acids is 2. The molecule has 1 amide bonds. The molecule has 2 aromatic rings. The molecule has 27 heavy (non-hydrogen) atoms. The zero-order valence-electron chi connectivity index (χ0n) is 15.4. The van der Waals surface area contributed by atoms with Crippen LogP contribution in [0, 0.1) is 6.92 Å². The number of rotatable bonds is 5. The number of hydrogen-bond donors (Lipinski definition) is 2. The molecule has 1 aromatic carbocycles. The van der Waals surface area contributed by atoms with Gasteiger partial charge in [0.25, 0.3) is 5.91 Å². The molecule has 3 rings (SSSR count). The number of esters is 1. The van der Waals surface area contributed by atoms with Crippen molar-refractivity contribution >= 4 is 30.0 Å². The van der Waals surface area contributed by atoms with Crippen LogP contribution in [0.5, 0.6) is 0 Å². The average molecular weight is 394 g/mol. The van der Waals surface area contributed by atoms with E-state index in [2.05, 4.69) is 20.9 Å². The van der Waals surface area contributed by atoms with E-state index in [-0.39, 0.29) is 30.3 Å². The number of ether oxygens (including phenoxy) is 1. The Morgan fingerprint density at radius 1 is 1.26 bits per heavy atom. The largest absolute Gasteiger partial charge is 0.462 e. The van der Waals surface area contributed by atoms with Crippen LogP contribution < -0.4 is 10.6 Å². The molecule has 2 heterocycles. The molecule has 0 spiro atoms. The standard InChI is InChI=1S/C18H23N5O3.ClH/c1-3-26-18(25)13-4-6-14(7-5-13)20-17(24)16-12(2)23(22-21-16)15-8-10-19-11-9-15;/h4-7,15,19H,3,8-11H2,1-2H3,(H,20,24);1H. The van der Waals surface area contributed by atoms with Crippen LogP contribution in [0.25, 0.3) is 0 Å². The number of carbonyl (C=O) groups is 2. The Hall–Kier alpha value is -2.45. The van der Waals surface area contributed by atoms with Crippen LogP contribution in [0.2, 0.25) is 0 Å². The van der Waals surface area contributed by atoms with Crippen molar-refractivity contribution in [3.8, 4) is 0 Å². The fourth-order valence-electron chi connectivity index (χ4n) is 3.04. The summed E-state index contributed by atoms with van der Waals surface area (Å²) in [5.74, 6) is -0.697. The lowest BCUT2D eigenvalue weighted by Crippen LogP contribution is -2.30. The maximum Gasteiger partial charge on any atom is 0.338 e. The number of amides is 1. The van der Waals surface area contributed by atoms with Crippen molar-refractivity contribution in [3.05, 3.63) is 41.2 Å². The first-order valence-electron chi connectivity index (χ1n) is 8.81. The first kappa shape index (κ1) is 20.9. The number of nitrogens with zero attached hydrogens (tertiary/aromatic N) is 3. The zero-order valence-corrected chi connectivity index (χ0v) is 16.2. The molecule has 0 radical (unpaired) electrons. The molecule has 9 heteroatoms. The summed E-state index contributed by atoms with van der Waals surface area (Å²) in [7, 11) is 0. The molecule has 0 atom stereocenters. The highest BCUT2D eigenvalue weighted by molar-refractivity contribution is 6.03. The summed E-state index contributed by atoms with van der Waals surface area (Å²) in [6.45, 7) is 5.83. The van der Waals surface area contributed by atoms with Gasteiger partial charge in [-0.2, -0.15) is 0 Å². The van der Waals surface area contributed by atoms with E-state index >= 15 is 0 Å². The van der Waals surface area contributed by atoms with Crippen molar-refractivity contribution in [2.75, 3.05) is 25.0 Å². The van der Waals surface area contributed by atoms with Gasteiger partial charge in [0.1, 0.15) is 0 Å². The summed E-state index contributed by atoms with van der Waals surface area (Å²) in [6, 6.07) is 6.83. The number of benzene rings is 1. The second kappa shape index (κ2) is 9.48. The SMILES string of the molecule is CCOC(=O)c1ccc(NC(=O)c2nnn(C3CCNCC3)c2C)cc1.Cl. The van der Waals surface area contributed by atoms with Crippen molar-refractivity contribution in [3.63, 3.8) is 0 Å². The van der Waals surface area contributed by atoms with Gasteiger partial charge in [0.05, 0.1) is 23.9 Å². The molecule has 146 valence electrons. The van der Waals surface area contributed by atoms with E-state index < -0.39 is 0 Å². The van der Waals surface area contributed by atoms with E-state index in [9.17, 15) is 9.59 Å². The average Bonchev–Trinajstić information content (AvgIpc) is 3.05. The Morgan fingerprint density at radius 2 is 1.93 bits per heavy atom. The van der Waals surface area contributed by atoms with Crippen molar-refractivity contribution < 1.29 is 14.3 Å². The van der Waals surface area contributed by atoms with Gasteiger partial charge in [-0.3, -0.25) is 4.79 Å². The second-order valence-electron chi connectivity index (χ2n) is 6.20. The Morgan fingerprint density at radius 3 is 2.56 bits per heavy atom. The Labute approximate surface area is 164 Å². The summed E-state index contributed by atoms with van der Waals surface area (Å²) in [5.41, 5.74) is 2.10. The summed E-state index contributed by atoms with van der Waals surface area (Å²) in [6.07, 6.45) is 1.95. The van der Waals surface area contributed by atoms with E-state index in [1.165, 1.54) is 0 Å². The first-order chi connectivity index (χ1) is 12.6. The van der Waals surface area contributed by atoms with E-state index in [0.717, 1.165) is 31.6 Å². The molecule has 0 bridgehead atoms. The maximum atomic E-state index is 12.5. The van der Waals surface area contributed by atoms with Crippen LogP contribution in [0.3, 0.4) is 0 Å². The molecule has 2 N–H and O–H groups in total. The molecule has 1 fully saturated rings.